The zero-order valence-electron chi connectivity index (χ0n) is 15.3. The van der Waals surface area contributed by atoms with Crippen LogP contribution < -0.4 is 5.32 Å². The zero-order chi connectivity index (χ0) is 17.8. The molecule has 2 atom stereocenters. The fraction of sp³-hybridized carbons (Fsp3) is 0.571. The Bertz CT molecular complexity index is 868. The van der Waals surface area contributed by atoms with E-state index in [0.29, 0.717) is 24.7 Å². The van der Waals surface area contributed by atoms with Crippen LogP contribution in [-0.2, 0) is 17.8 Å². The second-order valence-electron chi connectivity index (χ2n) is 8.27. The highest BCUT2D eigenvalue weighted by molar-refractivity contribution is 6.31. The van der Waals surface area contributed by atoms with Crippen LogP contribution in [0.15, 0.2) is 18.2 Å². The van der Waals surface area contributed by atoms with E-state index in [4.69, 9.17) is 11.6 Å². The average molecular weight is 372 g/mol. The van der Waals surface area contributed by atoms with Crippen LogP contribution in [0.4, 0.5) is 0 Å². The van der Waals surface area contributed by atoms with E-state index in [9.17, 15) is 4.79 Å². The van der Waals surface area contributed by atoms with E-state index in [1.165, 1.54) is 42.3 Å². The van der Waals surface area contributed by atoms with Gasteiger partial charge in [-0.25, -0.2) is 0 Å². The molecule has 1 saturated heterocycles. The summed E-state index contributed by atoms with van der Waals surface area (Å²) in [5.41, 5.74) is 3.92. The largest absolute Gasteiger partial charge is 0.352 e. The van der Waals surface area contributed by atoms with Crippen molar-refractivity contribution < 1.29 is 4.79 Å². The summed E-state index contributed by atoms with van der Waals surface area (Å²) in [6, 6.07) is 7.56. The first-order chi connectivity index (χ1) is 12.6. The second kappa shape index (κ2) is 6.28. The van der Waals surface area contributed by atoms with Crippen LogP contribution in [0.1, 0.15) is 55.8 Å². The fourth-order valence-corrected chi connectivity index (χ4v) is 5.67. The number of carbonyl (C=O) groups excluding carboxylic acids is 1. The molecule has 1 amide bonds. The molecule has 1 N–H and O–H groups in total. The van der Waals surface area contributed by atoms with E-state index in [1.807, 2.05) is 6.07 Å². The van der Waals surface area contributed by atoms with Crippen molar-refractivity contribution in [1.82, 2.24) is 14.8 Å². The fourth-order valence-electron chi connectivity index (χ4n) is 5.49. The third-order valence-electron chi connectivity index (χ3n) is 6.80. The molecular formula is C21H26ClN3O. The van der Waals surface area contributed by atoms with Crippen molar-refractivity contribution in [1.29, 1.82) is 0 Å². The number of hydrogen-bond donors (Lipinski definition) is 1. The summed E-state index contributed by atoms with van der Waals surface area (Å²) in [4.78, 5) is 15.3. The van der Waals surface area contributed by atoms with Crippen LogP contribution in [0.5, 0.6) is 0 Å². The van der Waals surface area contributed by atoms with Gasteiger partial charge < -0.3 is 9.88 Å². The molecule has 3 heterocycles. The van der Waals surface area contributed by atoms with Crippen molar-refractivity contribution in [2.75, 3.05) is 7.05 Å². The lowest BCUT2D eigenvalue weighted by molar-refractivity contribution is -0.122. The van der Waals surface area contributed by atoms with Crippen molar-refractivity contribution in [2.45, 2.75) is 69.6 Å². The molecule has 1 aromatic heterocycles. The maximum Gasteiger partial charge on any atom is 0.240 e. The minimum Gasteiger partial charge on any atom is -0.352 e. The molecule has 26 heavy (non-hydrogen) atoms. The summed E-state index contributed by atoms with van der Waals surface area (Å²) >= 11 is 6.33. The molecule has 5 heteroatoms. The topological polar surface area (TPSA) is 37.3 Å². The third-order valence-corrected chi connectivity index (χ3v) is 7.04. The first-order valence-electron chi connectivity index (χ1n) is 9.93. The summed E-state index contributed by atoms with van der Waals surface area (Å²) in [6.45, 7) is 0.424. The Labute approximate surface area is 159 Å². The standard InChI is InChI=1S/C21H26ClN3O/c1-24-15-7-9-18(24)21-16-10-13(22)6-8-17(16)25(19(21)11-15)12-20(26)23-14-4-2-3-5-14/h6,8,10,14-15,18H,2-5,7,9,11-12H2,1H3,(H,23,26). The Morgan fingerprint density at radius 3 is 2.85 bits per heavy atom. The van der Waals surface area contributed by atoms with Crippen LogP contribution in [0.2, 0.25) is 5.02 Å². The first-order valence-corrected chi connectivity index (χ1v) is 10.3. The number of likely N-dealkylation sites (N-methyl/N-ethyl adjacent to an activating group) is 1. The van der Waals surface area contributed by atoms with Crippen molar-refractivity contribution in [3.63, 3.8) is 0 Å². The lowest BCUT2D eigenvalue weighted by Gasteiger charge is -2.32. The number of benzene rings is 1. The van der Waals surface area contributed by atoms with Gasteiger partial charge in [0.1, 0.15) is 6.54 Å². The van der Waals surface area contributed by atoms with Crippen LogP contribution in [0.25, 0.3) is 10.9 Å². The summed E-state index contributed by atoms with van der Waals surface area (Å²) in [6.07, 6.45) is 8.20. The molecule has 1 aromatic carbocycles. The van der Waals surface area contributed by atoms with Gasteiger partial charge in [0.15, 0.2) is 0 Å². The number of nitrogens with zero attached hydrogens (tertiary/aromatic N) is 2. The normalized spacial score (nSPS) is 25.8. The lowest BCUT2D eigenvalue weighted by atomic mass is 9.97. The molecule has 1 aliphatic carbocycles. The van der Waals surface area contributed by atoms with E-state index < -0.39 is 0 Å². The zero-order valence-corrected chi connectivity index (χ0v) is 16.1. The predicted octanol–water partition coefficient (Wildman–Crippen LogP) is 4.04. The Morgan fingerprint density at radius 2 is 2.04 bits per heavy atom. The molecule has 2 aliphatic heterocycles. The second-order valence-corrected chi connectivity index (χ2v) is 8.71. The van der Waals surface area contributed by atoms with Crippen molar-refractivity contribution in [3.8, 4) is 0 Å². The molecule has 2 aromatic rings. The molecule has 0 spiro atoms. The summed E-state index contributed by atoms with van der Waals surface area (Å²) in [5.74, 6) is 0.151. The highest BCUT2D eigenvalue weighted by atomic mass is 35.5. The number of rotatable bonds is 3. The number of amides is 1. The van der Waals surface area contributed by atoms with E-state index in [2.05, 4.69) is 34.0 Å². The van der Waals surface area contributed by atoms with Gasteiger partial charge in [-0.2, -0.15) is 0 Å². The van der Waals surface area contributed by atoms with Crippen molar-refractivity contribution >= 4 is 28.4 Å². The van der Waals surface area contributed by atoms with Crippen LogP contribution in [-0.4, -0.2) is 34.5 Å². The maximum atomic E-state index is 12.7. The number of carbonyl (C=O) groups is 1. The first kappa shape index (κ1) is 16.6. The number of nitrogens with one attached hydrogen (secondary N) is 1. The minimum absolute atomic E-state index is 0.151. The van der Waals surface area contributed by atoms with Gasteiger partial charge in [0.05, 0.1) is 0 Å². The molecular weight excluding hydrogens is 346 g/mol. The van der Waals surface area contributed by atoms with Crippen LogP contribution >= 0.6 is 11.6 Å². The predicted molar refractivity (Wildman–Crippen MR) is 105 cm³/mol. The molecule has 2 bridgehead atoms. The molecule has 4 nitrogen and oxygen atoms in total. The Hall–Kier alpha value is -1.52. The maximum absolute atomic E-state index is 12.7. The molecule has 2 unspecified atom stereocenters. The van der Waals surface area contributed by atoms with Gasteiger partial charge >= 0.3 is 0 Å². The highest BCUT2D eigenvalue weighted by Crippen LogP contribution is 2.47. The molecule has 138 valence electrons. The van der Waals surface area contributed by atoms with Crippen molar-refractivity contribution in [3.05, 3.63) is 34.5 Å². The Balaban J connectivity index is 1.55. The van der Waals surface area contributed by atoms with Gasteiger partial charge in [0, 0.05) is 46.2 Å². The minimum atomic E-state index is 0.151. The van der Waals surface area contributed by atoms with Gasteiger partial charge in [0.25, 0.3) is 0 Å². The number of fused-ring (bicyclic) bond motifs is 6. The molecule has 1 saturated carbocycles. The average Bonchev–Trinajstić information content (AvgIpc) is 3.26. The molecule has 2 fully saturated rings. The quantitative estimate of drug-likeness (QED) is 0.883. The monoisotopic (exact) mass is 371 g/mol. The Kier molecular flexibility index (Phi) is 4.02. The summed E-state index contributed by atoms with van der Waals surface area (Å²) < 4.78 is 2.27. The van der Waals surface area contributed by atoms with E-state index in [-0.39, 0.29) is 5.91 Å². The van der Waals surface area contributed by atoms with Gasteiger partial charge in [-0.05, 0) is 56.5 Å². The molecule has 3 aliphatic rings. The summed E-state index contributed by atoms with van der Waals surface area (Å²) in [7, 11) is 2.24. The number of hydrogen-bond acceptors (Lipinski definition) is 2. The molecule has 0 radical (unpaired) electrons. The van der Waals surface area contributed by atoms with Crippen LogP contribution in [0.3, 0.4) is 0 Å². The van der Waals surface area contributed by atoms with Crippen LogP contribution in [0, 0.1) is 0 Å². The Morgan fingerprint density at radius 1 is 1.23 bits per heavy atom. The number of halogens is 1. The SMILES string of the molecule is CN1C2CCC1c1c(n(CC(=O)NC3CCCC3)c3ccc(Cl)cc13)C2. The lowest BCUT2D eigenvalue weighted by Crippen LogP contribution is -2.37. The van der Waals surface area contributed by atoms with Gasteiger partial charge in [0.2, 0.25) is 5.91 Å². The smallest absolute Gasteiger partial charge is 0.240 e. The van der Waals surface area contributed by atoms with Gasteiger partial charge in [-0.15, -0.1) is 0 Å². The van der Waals surface area contributed by atoms with E-state index >= 15 is 0 Å². The van der Waals surface area contributed by atoms with E-state index in [0.717, 1.165) is 29.8 Å². The summed E-state index contributed by atoms with van der Waals surface area (Å²) in [5, 5.41) is 5.26. The van der Waals surface area contributed by atoms with Crippen molar-refractivity contribution in [2.24, 2.45) is 0 Å². The van der Waals surface area contributed by atoms with E-state index in [1.54, 1.807) is 0 Å². The highest BCUT2D eigenvalue weighted by Gasteiger charge is 2.41. The number of aromatic nitrogens is 1. The molecule has 5 rings (SSSR count). The van der Waals surface area contributed by atoms with Gasteiger partial charge in [-0.3, -0.25) is 9.69 Å². The third kappa shape index (κ3) is 2.57. The van der Waals surface area contributed by atoms with Gasteiger partial charge in [-0.1, -0.05) is 24.4 Å².